The van der Waals surface area contributed by atoms with Crippen molar-refractivity contribution in [2.75, 3.05) is 4.90 Å². The molecule has 0 saturated heterocycles. The molecule has 1 heterocycles. The van der Waals surface area contributed by atoms with E-state index in [-0.39, 0.29) is 5.91 Å². The number of hydrogen-bond acceptors (Lipinski definition) is 3. The minimum absolute atomic E-state index is 0.0543. The molecule has 1 amide bonds. The normalized spacial score (nSPS) is 16.1. The number of rotatable bonds is 5. The number of carbonyl (C=O) groups excluding carboxylic acids is 1. The predicted molar refractivity (Wildman–Crippen MR) is 85.0 cm³/mol. The van der Waals surface area contributed by atoms with Crippen LogP contribution in [0, 0.1) is 0 Å². The molecule has 0 radical (unpaired) electrons. The number of allylic oxidation sites excluding steroid dienone is 1. The molecule has 1 aromatic heterocycles. The van der Waals surface area contributed by atoms with E-state index >= 15 is 0 Å². The van der Waals surface area contributed by atoms with Gasteiger partial charge in [-0.1, -0.05) is 31.9 Å². The second-order valence-electron chi connectivity index (χ2n) is 5.39. The first-order valence-electron chi connectivity index (χ1n) is 7.54. The van der Waals surface area contributed by atoms with Crippen LogP contribution in [0.2, 0.25) is 0 Å². The highest BCUT2D eigenvalue weighted by Gasteiger charge is 2.22. The standard InChI is InChI=1S/C16H24N4O/c1-4-11-20(5-2)16-14(12-17-19(16)3)15(21)18-13-9-7-6-8-10-13/h4-5,11-13H,2,6-10H2,1,3H3,(H,18,21)/b11-4-. The highest BCUT2D eigenvalue weighted by atomic mass is 16.1. The Balaban J connectivity index is 2.18. The lowest BCUT2D eigenvalue weighted by atomic mass is 9.95. The Labute approximate surface area is 126 Å². The van der Waals surface area contributed by atoms with Gasteiger partial charge >= 0.3 is 0 Å². The van der Waals surface area contributed by atoms with E-state index in [4.69, 9.17) is 0 Å². The molecule has 2 rings (SSSR count). The Morgan fingerprint density at radius 3 is 2.81 bits per heavy atom. The summed E-state index contributed by atoms with van der Waals surface area (Å²) in [4.78, 5) is 14.3. The highest BCUT2D eigenvalue weighted by molar-refractivity contribution is 5.99. The van der Waals surface area contributed by atoms with Crippen molar-refractivity contribution in [1.82, 2.24) is 15.1 Å². The van der Waals surface area contributed by atoms with E-state index in [1.54, 1.807) is 17.1 Å². The molecule has 0 aromatic carbocycles. The van der Waals surface area contributed by atoms with Crippen molar-refractivity contribution in [3.63, 3.8) is 0 Å². The third-order valence-corrected chi connectivity index (χ3v) is 3.84. The highest BCUT2D eigenvalue weighted by Crippen LogP contribution is 2.22. The van der Waals surface area contributed by atoms with Gasteiger partial charge in [0.1, 0.15) is 11.4 Å². The minimum Gasteiger partial charge on any atom is -0.349 e. The van der Waals surface area contributed by atoms with Crippen LogP contribution < -0.4 is 10.2 Å². The molecule has 21 heavy (non-hydrogen) atoms. The molecule has 0 atom stereocenters. The fraction of sp³-hybridized carbons (Fsp3) is 0.500. The molecule has 1 aromatic rings. The third kappa shape index (κ3) is 3.54. The molecule has 5 heteroatoms. The van der Waals surface area contributed by atoms with E-state index in [1.165, 1.54) is 19.3 Å². The number of amides is 1. The van der Waals surface area contributed by atoms with Crippen molar-refractivity contribution >= 4 is 11.7 Å². The fourth-order valence-corrected chi connectivity index (χ4v) is 2.79. The monoisotopic (exact) mass is 288 g/mol. The van der Waals surface area contributed by atoms with Crippen LogP contribution in [0.15, 0.2) is 31.3 Å². The van der Waals surface area contributed by atoms with E-state index in [0.29, 0.717) is 11.6 Å². The summed E-state index contributed by atoms with van der Waals surface area (Å²) in [6.45, 7) is 5.72. The maximum Gasteiger partial charge on any atom is 0.256 e. The first-order valence-corrected chi connectivity index (χ1v) is 7.54. The lowest BCUT2D eigenvalue weighted by Crippen LogP contribution is -2.36. The zero-order chi connectivity index (χ0) is 15.2. The summed E-state index contributed by atoms with van der Waals surface area (Å²) in [6, 6.07) is 0.290. The largest absolute Gasteiger partial charge is 0.349 e. The molecule has 114 valence electrons. The molecule has 0 unspecified atom stereocenters. The summed E-state index contributed by atoms with van der Waals surface area (Å²) in [5.41, 5.74) is 0.584. The van der Waals surface area contributed by atoms with Gasteiger partial charge in [0, 0.05) is 25.5 Å². The van der Waals surface area contributed by atoms with Gasteiger partial charge in [-0.05, 0) is 19.8 Å². The molecule has 0 bridgehead atoms. The van der Waals surface area contributed by atoms with Gasteiger partial charge in [-0.15, -0.1) is 0 Å². The molecular formula is C16H24N4O. The molecule has 1 N–H and O–H groups in total. The molecular weight excluding hydrogens is 264 g/mol. The molecule has 1 aliphatic rings. The fourth-order valence-electron chi connectivity index (χ4n) is 2.79. The van der Waals surface area contributed by atoms with Crippen molar-refractivity contribution in [3.8, 4) is 0 Å². The number of anilines is 1. The number of aryl methyl sites for hydroxylation is 1. The zero-order valence-electron chi connectivity index (χ0n) is 12.9. The molecule has 5 nitrogen and oxygen atoms in total. The maximum atomic E-state index is 12.5. The van der Waals surface area contributed by atoms with Crippen molar-refractivity contribution < 1.29 is 4.79 Å². The van der Waals surface area contributed by atoms with Crippen LogP contribution in [-0.2, 0) is 7.05 Å². The molecule has 1 fully saturated rings. The van der Waals surface area contributed by atoms with Gasteiger partial charge in [-0.25, -0.2) is 0 Å². The van der Waals surface area contributed by atoms with E-state index in [2.05, 4.69) is 17.0 Å². The lowest BCUT2D eigenvalue weighted by molar-refractivity contribution is 0.0928. The number of nitrogens with zero attached hydrogens (tertiary/aromatic N) is 3. The van der Waals surface area contributed by atoms with Crippen LogP contribution >= 0.6 is 0 Å². The van der Waals surface area contributed by atoms with E-state index in [1.807, 2.05) is 31.1 Å². The molecule has 1 aliphatic carbocycles. The van der Waals surface area contributed by atoms with Gasteiger partial charge in [0.2, 0.25) is 0 Å². The summed E-state index contributed by atoms with van der Waals surface area (Å²) in [6.07, 6.45) is 12.9. The van der Waals surface area contributed by atoms with Crippen LogP contribution in [0.3, 0.4) is 0 Å². The second kappa shape index (κ2) is 7.11. The van der Waals surface area contributed by atoms with E-state index < -0.39 is 0 Å². The van der Waals surface area contributed by atoms with Crippen molar-refractivity contribution in [2.45, 2.75) is 45.1 Å². The van der Waals surface area contributed by atoms with Crippen LogP contribution in [-0.4, -0.2) is 21.7 Å². The number of carbonyl (C=O) groups is 1. The van der Waals surface area contributed by atoms with Crippen molar-refractivity contribution in [2.24, 2.45) is 7.05 Å². The van der Waals surface area contributed by atoms with Crippen LogP contribution in [0.25, 0.3) is 0 Å². The SMILES string of the molecule is C=CN(/C=C\C)c1c(C(=O)NC2CCCCC2)cnn1C. The van der Waals surface area contributed by atoms with Gasteiger partial charge in [0.05, 0.1) is 6.20 Å². The molecule has 1 saturated carbocycles. The maximum absolute atomic E-state index is 12.5. The predicted octanol–water partition coefficient (Wildman–Crippen LogP) is 2.97. The Morgan fingerprint density at radius 1 is 1.48 bits per heavy atom. The average Bonchev–Trinajstić information content (AvgIpc) is 2.87. The van der Waals surface area contributed by atoms with Crippen molar-refractivity contribution in [1.29, 1.82) is 0 Å². The minimum atomic E-state index is -0.0543. The summed E-state index contributed by atoms with van der Waals surface area (Å²) < 4.78 is 1.69. The van der Waals surface area contributed by atoms with Crippen LogP contribution in [0.1, 0.15) is 49.4 Å². The molecule has 0 aliphatic heterocycles. The average molecular weight is 288 g/mol. The quantitative estimate of drug-likeness (QED) is 0.906. The number of aromatic nitrogens is 2. The Morgan fingerprint density at radius 2 is 2.19 bits per heavy atom. The van der Waals surface area contributed by atoms with Gasteiger partial charge in [-0.3, -0.25) is 9.48 Å². The van der Waals surface area contributed by atoms with Gasteiger partial charge in [0.15, 0.2) is 0 Å². The summed E-state index contributed by atoms with van der Waals surface area (Å²) in [7, 11) is 1.83. The van der Waals surface area contributed by atoms with Gasteiger partial charge < -0.3 is 10.2 Å². The van der Waals surface area contributed by atoms with E-state index in [9.17, 15) is 4.79 Å². The first kappa shape index (κ1) is 15.4. The lowest BCUT2D eigenvalue weighted by Gasteiger charge is -2.23. The Bertz CT molecular complexity index is 526. The second-order valence-corrected chi connectivity index (χ2v) is 5.39. The summed E-state index contributed by atoms with van der Waals surface area (Å²) >= 11 is 0. The summed E-state index contributed by atoms with van der Waals surface area (Å²) in [5, 5.41) is 7.35. The van der Waals surface area contributed by atoms with Crippen LogP contribution in [0.5, 0.6) is 0 Å². The van der Waals surface area contributed by atoms with Gasteiger partial charge in [-0.2, -0.15) is 5.10 Å². The number of hydrogen-bond donors (Lipinski definition) is 1. The topological polar surface area (TPSA) is 50.2 Å². The van der Waals surface area contributed by atoms with Crippen LogP contribution in [0.4, 0.5) is 5.82 Å². The van der Waals surface area contributed by atoms with E-state index in [0.717, 1.165) is 18.7 Å². The van der Waals surface area contributed by atoms with Crippen molar-refractivity contribution in [3.05, 3.63) is 36.8 Å². The Hall–Kier alpha value is -2.04. The zero-order valence-corrected chi connectivity index (χ0v) is 12.9. The van der Waals surface area contributed by atoms with Gasteiger partial charge in [0.25, 0.3) is 5.91 Å². The number of nitrogens with one attached hydrogen (secondary N) is 1. The summed E-state index contributed by atoms with van der Waals surface area (Å²) in [5.74, 6) is 0.678. The smallest absolute Gasteiger partial charge is 0.256 e. The molecule has 0 spiro atoms. The first-order chi connectivity index (χ1) is 10.2. The Kier molecular flexibility index (Phi) is 5.20. The third-order valence-electron chi connectivity index (χ3n) is 3.84.